The van der Waals surface area contributed by atoms with E-state index < -0.39 is 11.4 Å². The summed E-state index contributed by atoms with van der Waals surface area (Å²) in [4.78, 5) is 16.0. The van der Waals surface area contributed by atoms with Crippen LogP contribution < -0.4 is 4.74 Å². The molecule has 0 atom stereocenters. The quantitative estimate of drug-likeness (QED) is 0.907. The SMILES string of the molecule is COc1c(C)cnc(CC2(C(=O)O)CCCC2)c1C. The number of methoxy groups -OCH3 is 1. The molecule has 2 rings (SSSR count). The van der Waals surface area contributed by atoms with Gasteiger partial charge in [0, 0.05) is 29.4 Å². The van der Waals surface area contributed by atoms with E-state index in [1.165, 1.54) is 0 Å². The maximum absolute atomic E-state index is 11.6. The van der Waals surface area contributed by atoms with E-state index in [9.17, 15) is 9.90 Å². The predicted molar refractivity (Wildman–Crippen MR) is 72.5 cm³/mol. The van der Waals surface area contributed by atoms with E-state index in [0.717, 1.165) is 48.3 Å². The van der Waals surface area contributed by atoms with Crippen molar-refractivity contribution in [2.75, 3.05) is 7.11 Å². The molecule has 1 aliphatic rings. The standard InChI is InChI=1S/C15H21NO3/c1-10-9-16-12(11(2)13(10)19-3)8-15(14(17)18)6-4-5-7-15/h9H,4-8H2,1-3H3,(H,17,18). The summed E-state index contributed by atoms with van der Waals surface area (Å²) in [5.74, 6) is 0.134. The van der Waals surface area contributed by atoms with Crippen LogP contribution >= 0.6 is 0 Å². The minimum Gasteiger partial charge on any atom is -0.496 e. The highest BCUT2D eigenvalue weighted by Crippen LogP contribution is 2.42. The van der Waals surface area contributed by atoms with E-state index in [0.29, 0.717) is 6.42 Å². The van der Waals surface area contributed by atoms with E-state index in [1.54, 1.807) is 13.3 Å². The fourth-order valence-corrected chi connectivity index (χ4v) is 3.09. The Kier molecular flexibility index (Phi) is 3.78. The average molecular weight is 263 g/mol. The van der Waals surface area contributed by atoms with Gasteiger partial charge in [-0.3, -0.25) is 9.78 Å². The normalized spacial score (nSPS) is 17.4. The lowest BCUT2D eigenvalue weighted by Crippen LogP contribution is -2.31. The van der Waals surface area contributed by atoms with Crippen molar-refractivity contribution in [3.05, 3.63) is 23.0 Å². The highest BCUT2D eigenvalue weighted by atomic mass is 16.5. The molecule has 1 N–H and O–H groups in total. The van der Waals surface area contributed by atoms with Gasteiger partial charge in [-0.1, -0.05) is 12.8 Å². The average Bonchev–Trinajstić information content (AvgIpc) is 2.83. The molecule has 1 saturated carbocycles. The van der Waals surface area contributed by atoms with Crippen LogP contribution in [-0.2, 0) is 11.2 Å². The molecule has 1 aromatic rings. The number of hydrogen-bond acceptors (Lipinski definition) is 3. The summed E-state index contributed by atoms with van der Waals surface area (Å²) in [6.07, 6.45) is 5.76. The number of hydrogen-bond donors (Lipinski definition) is 1. The summed E-state index contributed by atoms with van der Waals surface area (Å²) in [6, 6.07) is 0. The monoisotopic (exact) mass is 263 g/mol. The lowest BCUT2D eigenvalue weighted by atomic mass is 9.80. The van der Waals surface area contributed by atoms with Crippen LogP contribution in [0.3, 0.4) is 0 Å². The topological polar surface area (TPSA) is 59.4 Å². The molecule has 1 aliphatic carbocycles. The Bertz CT molecular complexity index is 490. The second-order valence-electron chi connectivity index (χ2n) is 5.52. The van der Waals surface area contributed by atoms with Crippen molar-refractivity contribution in [1.29, 1.82) is 0 Å². The molecule has 4 heteroatoms. The van der Waals surface area contributed by atoms with Crippen molar-refractivity contribution in [2.45, 2.75) is 46.0 Å². The van der Waals surface area contributed by atoms with Gasteiger partial charge in [0.25, 0.3) is 0 Å². The Hall–Kier alpha value is -1.58. The predicted octanol–water partition coefficient (Wildman–Crippen LogP) is 2.89. The van der Waals surface area contributed by atoms with Crippen LogP contribution in [0.25, 0.3) is 0 Å². The highest BCUT2D eigenvalue weighted by molar-refractivity contribution is 5.75. The Balaban J connectivity index is 2.35. The number of ether oxygens (including phenoxy) is 1. The second-order valence-corrected chi connectivity index (χ2v) is 5.52. The maximum Gasteiger partial charge on any atom is 0.310 e. The first-order chi connectivity index (χ1) is 9.00. The molecule has 0 bridgehead atoms. The number of pyridine rings is 1. The van der Waals surface area contributed by atoms with E-state index in [1.807, 2.05) is 13.8 Å². The van der Waals surface area contributed by atoms with Crippen molar-refractivity contribution < 1.29 is 14.6 Å². The molecule has 0 spiro atoms. The first-order valence-electron chi connectivity index (χ1n) is 6.72. The maximum atomic E-state index is 11.6. The lowest BCUT2D eigenvalue weighted by Gasteiger charge is -2.24. The highest BCUT2D eigenvalue weighted by Gasteiger charge is 2.42. The van der Waals surface area contributed by atoms with Crippen LogP contribution in [0.15, 0.2) is 6.20 Å². The molecule has 0 amide bonds. The number of rotatable bonds is 4. The fraction of sp³-hybridized carbons (Fsp3) is 0.600. The second kappa shape index (κ2) is 5.19. The fourth-order valence-electron chi connectivity index (χ4n) is 3.09. The molecule has 0 saturated heterocycles. The van der Waals surface area contributed by atoms with Crippen molar-refractivity contribution in [1.82, 2.24) is 4.98 Å². The zero-order valence-electron chi connectivity index (χ0n) is 11.8. The van der Waals surface area contributed by atoms with E-state index in [-0.39, 0.29) is 0 Å². The van der Waals surface area contributed by atoms with Gasteiger partial charge in [-0.05, 0) is 26.7 Å². The smallest absolute Gasteiger partial charge is 0.310 e. The largest absolute Gasteiger partial charge is 0.496 e. The van der Waals surface area contributed by atoms with Gasteiger partial charge in [-0.2, -0.15) is 0 Å². The van der Waals surface area contributed by atoms with Gasteiger partial charge in [0.05, 0.1) is 12.5 Å². The Morgan fingerprint density at radius 1 is 1.42 bits per heavy atom. The van der Waals surface area contributed by atoms with Gasteiger partial charge in [0.2, 0.25) is 0 Å². The zero-order valence-corrected chi connectivity index (χ0v) is 11.8. The zero-order chi connectivity index (χ0) is 14.0. The molecule has 0 unspecified atom stereocenters. The molecule has 1 fully saturated rings. The molecule has 0 aromatic carbocycles. The summed E-state index contributed by atoms with van der Waals surface area (Å²) >= 11 is 0. The van der Waals surface area contributed by atoms with Crippen LogP contribution in [0.2, 0.25) is 0 Å². The van der Waals surface area contributed by atoms with Crippen LogP contribution in [0, 0.1) is 19.3 Å². The van der Waals surface area contributed by atoms with Gasteiger partial charge in [0.15, 0.2) is 0 Å². The third kappa shape index (κ3) is 2.44. The van der Waals surface area contributed by atoms with Crippen molar-refractivity contribution in [2.24, 2.45) is 5.41 Å². The minimum absolute atomic E-state index is 0.505. The summed E-state index contributed by atoms with van der Waals surface area (Å²) < 4.78 is 5.39. The molecular formula is C15H21NO3. The number of carbonyl (C=O) groups is 1. The number of aliphatic carboxylic acids is 1. The minimum atomic E-state index is -0.689. The number of aryl methyl sites for hydroxylation is 1. The van der Waals surface area contributed by atoms with Crippen LogP contribution in [0.5, 0.6) is 5.75 Å². The van der Waals surface area contributed by atoms with Crippen LogP contribution in [0.1, 0.15) is 42.5 Å². The number of aromatic nitrogens is 1. The Morgan fingerprint density at radius 2 is 2.05 bits per heavy atom. The molecule has 0 aliphatic heterocycles. The molecule has 104 valence electrons. The molecule has 1 aromatic heterocycles. The first-order valence-corrected chi connectivity index (χ1v) is 6.72. The lowest BCUT2D eigenvalue weighted by molar-refractivity contribution is -0.148. The summed E-state index contributed by atoms with van der Waals surface area (Å²) in [5.41, 5.74) is 2.18. The molecular weight excluding hydrogens is 242 g/mol. The van der Waals surface area contributed by atoms with Crippen LogP contribution in [-0.4, -0.2) is 23.2 Å². The first kappa shape index (κ1) is 13.8. The number of carboxylic acid groups (broad SMARTS) is 1. The molecule has 4 nitrogen and oxygen atoms in total. The van der Waals surface area contributed by atoms with E-state index >= 15 is 0 Å². The van der Waals surface area contributed by atoms with Crippen molar-refractivity contribution in [3.63, 3.8) is 0 Å². The van der Waals surface area contributed by atoms with E-state index in [2.05, 4.69) is 4.98 Å². The summed E-state index contributed by atoms with van der Waals surface area (Å²) in [7, 11) is 1.64. The molecule has 0 radical (unpaired) electrons. The Morgan fingerprint density at radius 3 is 2.58 bits per heavy atom. The third-order valence-electron chi connectivity index (χ3n) is 4.27. The summed E-state index contributed by atoms with van der Waals surface area (Å²) in [5, 5.41) is 9.54. The number of nitrogens with zero attached hydrogens (tertiary/aromatic N) is 1. The molecule has 1 heterocycles. The third-order valence-corrected chi connectivity index (χ3v) is 4.27. The van der Waals surface area contributed by atoms with Crippen LogP contribution in [0.4, 0.5) is 0 Å². The number of carboxylic acids is 1. The Labute approximate surface area is 113 Å². The van der Waals surface area contributed by atoms with Gasteiger partial charge >= 0.3 is 5.97 Å². The van der Waals surface area contributed by atoms with Gasteiger partial charge < -0.3 is 9.84 Å². The van der Waals surface area contributed by atoms with E-state index in [4.69, 9.17) is 4.74 Å². The van der Waals surface area contributed by atoms with Gasteiger partial charge in [-0.15, -0.1) is 0 Å². The van der Waals surface area contributed by atoms with Crippen molar-refractivity contribution >= 4 is 5.97 Å². The van der Waals surface area contributed by atoms with Gasteiger partial charge in [-0.25, -0.2) is 0 Å². The van der Waals surface area contributed by atoms with Gasteiger partial charge in [0.1, 0.15) is 5.75 Å². The summed E-state index contributed by atoms with van der Waals surface area (Å²) in [6.45, 7) is 3.91. The van der Waals surface area contributed by atoms with Crippen molar-refractivity contribution in [3.8, 4) is 5.75 Å². The molecule has 19 heavy (non-hydrogen) atoms.